The maximum atomic E-state index is 11.2. The van der Waals surface area contributed by atoms with Gasteiger partial charge in [-0.25, -0.2) is 4.79 Å². The lowest BCUT2D eigenvalue weighted by Gasteiger charge is -2.21. The molecule has 0 saturated carbocycles. The lowest BCUT2D eigenvalue weighted by Crippen LogP contribution is -2.07. The number of hydrogen-bond acceptors (Lipinski definition) is 4. The van der Waals surface area contributed by atoms with E-state index in [-0.39, 0.29) is 0 Å². The molecule has 4 nitrogen and oxygen atoms in total. The van der Waals surface area contributed by atoms with Crippen LogP contribution in [0.5, 0.6) is 5.75 Å². The molecule has 0 atom stereocenters. The Morgan fingerprint density at radius 1 is 1.25 bits per heavy atom. The fraction of sp³-hybridized carbons (Fsp3) is 0.250. The molecule has 0 unspecified atom stereocenters. The summed E-state index contributed by atoms with van der Waals surface area (Å²) in [6, 6.07) is 5.70. The SMILES string of the molecule is COC(=O)/C=C/C1=C(C=O)CCc2c(OC)cccc21. The number of benzene rings is 1. The molecular formula is C16H16O4. The minimum atomic E-state index is -0.447. The topological polar surface area (TPSA) is 52.6 Å². The van der Waals surface area contributed by atoms with Crippen LogP contribution in [0.4, 0.5) is 0 Å². The van der Waals surface area contributed by atoms with Gasteiger partial charge in [-0.3, -0.25) is 4.79 Å². The van der Waals surface area contributed by atoms with Gasteiger partial charge in [0.25, 0.3) is 0 Å². The molecule has 1 aromatic rings. The van der Waals surface area contributed by atoms with Crippen molar-refractivity contribution in [3.8, 4) is 5.75 Å². The van der Waals surface area contributed by atoms with Gasteiger partial charge in [-0.05, 0) is 36.1 Å². The van der Waals surface area contributed by atoms with Crippen molar-refractivity contribution in [3.63, 3.8) is 0 Å². The quantitative estimate of drug-likeness (QED) is 0.479. The van der Waals surface area contributed by atoms with E-state index in [2.05, 4.69) is 4.74 Å². The van der Waals surface area contributed by atoms with E-state index in [1.54, 1.807) is 13.2 Å². The summed E-state index contributed by atoms with van der Waals surface area (Å²) in [6.45, 7) is 0. The summed E-state index contributed by atoms with van der Waals surface area (Å²) < 4.78 is 9.93. The number of carbonyl (C=O) groups is 2. The molecule has 104 valence electrons. The zero-order valence-corrected chi connectivity index (χ0v) is 11.5. The lowest BCUT2D eigenvalue weighted by molar-refractivity contribution is -0.134. The van der Waals surface area contributed by atoms with Crippen LogP contribution in [-0.4, -0.2) is 26.5 Å². The average Bonchev–Trinajstić information content (AvgIpc) is 2.51. The number of hydrogen-bond donors (Lipinski definition) is 0. The molecule has 0 bridgehead atoms. The van der Waals surface area contributed by atoms with E-state index in [9.17, 15) is 9.59 Å². The predicted octanol–water partition coefficient (Wildman–Crippen LogP) is 2.32. The highest BCUT2D eigenvalue weighted by Crippen LogP contribution is 2.36. The second-order valence-corrected chi connectivity index (χ2v) is 4.40. The molecule has 1 aliphatic rings. The third kappa shape index (κ3) is 2.64. The summed E-state index contributed by atoms with van der Waals surface area (Å²) in [5.74, 6) is 0.356. The van der Waals surface area contributed by atoms with Crippen LogP contribution in [0.15, 0.2) is 35.9 Å². The molecule has 0 spiro atoms. The minimum Gasteiger partial charge on any atom is -0.496 e. The number of allylic oxidation sites excluding steroid dienone is 3. The van der Waals surface area contributed by atoms with Crippen LogP contribution in [0, 0.1) is 0 Å². The first kappa shape index (κ1) is 14.1. The van der Waals surface area contributed by atoms with Crippen LogP contribution in [0.25, 0.3) is 5.57 Å². The van der Waals surface area contributed by atoms with Crippen molar-refractivity contribution in [1.82, 2.24) is 0 Å². The van der Waals surface area contributed by atoms with Crippen molar-refractivity contribution < 1.29 is 19.1 Å². The van der Waals surface area contributed by atoms with Crippen LogP contribution in [0.1, 0.15) is 17.5 Å². The van der Waals surface area contributed by atoms with Gasteiger partial charge in [-0.1, -0.05) is 12.1 Å². The smallest absolute Gasteiger partial charge is 0.330 e. The maximum Gasteiger partial charge on any atom is 0.330 e. The molecule has 0 radical (unpaired) electrons. The molecule has 4 heteroatoms. The summed E-state index contributed by atoms with van der Waals surface area (Å²) in [4.78, 5) is 22.4. The molecule has 0 aromatic heterocycles. The van der Waals surface area contributed by atoms with Crippen LogP contribution in [0.2, 0.25) is 0 Å². The molecule has 0 amide bonds. The first-order valence-corrected chi connectivity index (χ1v) is 6.32. The van der Waals surface area contributed by atoms with Gasteiger partial charge in [0.1, 0.15) is 12.0 Å². The zero-order valence-electron chi connectivity index (χ0n) is 11.5. The molecule has 0 aliphatic heterocycles. The second kappa shape index (κ2) is 6.19. The van der Waals surface area contributed by atoms with E-state index in [1.165, 1.54) is 13.2 Å². The normalized spacial score (nSPS) is 14.1. The fourth-order valence-electron chi connectivity index (χ4n) is 2.37. The predicted molar refractivity (Wildman–Crippen MR) is 75.5 cm³/mol. The monoisotopic (exact) mass is 272 g/mol. The van der Waals surface area contributed by atoms with Gasteiger partial charge in [-0.2, -0.15) is 0 Å². The van der Waals surface area contributed by atoms with Gasteiger partial charge < -0.3 is 9.47 Å². The highest BCUT2D eigenvalue weighted by atomic mass is 16.5. The van der Waals surface area contributed by atoms with E-state index >= 15 is 0 Å². The summed E-state index contributed by atoms with van der Waals surface area (Å²) in [7, 11) is 2.94. The molecule has 0 heterocycles. The van der Waals surface area contributed by atoms with Gasteiger partial charge in [0.15, 0.2) is 0 Å². The molecule has 20 heavy (non-hydrogen) atoms. The van der Waals surface area contributed by atoms with Gasteiger partial charge in [-0.15, -0.1) is 0 Å². The van der Waals surface area contributed by atoms with Crippen LogP contribution >= 0.6 is 0 Å². The number of methoxy groups -OCH3 is 2. The Bertz CT molecular complexity index is 596. The van der Waals surface area contributed by atoms with Gasteiger partial charge in [0.2, 0.25) is 0 Å². The number of ether oxygens (including phenoxy) is 2. The third-order valence-electron chi connectivity index (χ3n) is 3.36. The highest BCUT2D eigenvalue weighted by Gasteiger charge is 2.20. The fourth-order valence-corrected chi connectivity index (χ4v) is 2.37. The first-order chi connectivity index (χ1) is 9.71. The average molecular weight is 272 g/mol. The standard InChI is InChI=1S/C16H16O4/c1-19-15-5-3-4-13-12(8-9-16(18)20-2)11(10-17)6-7-14(13)15/h3-5,8-10H,6-7H2,1-2H3/b9-8+. The van der Waals surface area contributed by atoms with Crippen molar-refractivity contribution in [2.75, 3.05) is 14.2 Å². The summed E-state index contributed by atoms with van der Waals surface area (Å²) in [6.07, 6.45) is 5.19. The summed E-state index contributed by atoms with van der Waals surface area (Å²) in [5.41, 5.74) is 3.43. The Morgan fingerprint density at radius 3 is 2.70 bits per heavy atom. The van der Waals surface area contributed by atoms with Gasteiger partial charge >= 0.3 is 5.97 Å². The van der Waals surface area contributed by atoms with Crippen LogP contribution in [-0.2, 0) is 20.7 Å². The number of esters is 1. The van der Waals surface area contributed by atoms with Crippen molar-refractivity contribution >= 4 is 17.8 Å². The van der Waals surface area contributed by atoms with E-state index in [4.69, 9.17) is 4.74 Å². The molecule has 1 aliphatic carbocycles. The Hall–Kier alpha value is -2.36. The highest BCUT2D eigenvalue weighted by molar-refractivity contribution is 5.97. The molecule has 0 fully saturated rings. The molecular weight excluding hydrogens is 256 g/mol. The Morgan fingerprint density at radius 2 is 2.05 bits per heavy atom. The minimum absolute atomic E-state index is 0.447. The van der Waals surface area contributed by atoms with Crippen LogP contribution in [0.3, 0.4) is 0 Å². The van der Waals surface area contributed by atoms with E-state index < -0.39 is 5.97 Å². The number of fused-ring (bicyclic) bond motifs is 1. The Balaban J connectivity index is 2.52. The summed E-state index contributed by atoms with van der Waals surface area (Å²) in [5, 5.41) is 0. The molecule has 0 saturated heterocycles. The molecule has 0 N–H and O–H groups in total. The van der Waals surface area contributed by atoms with E-state index in [0.29, 0.717) is 12.0 Å². The Kier molecular flexibility index (Phi) is 4.35. The van der Waals surface area contributed by atoms with Gasteiger partial charge in [0, 0.05) is 17.2 Å². The summed E-state index contributed by atoms with van der Waals surface area (Å²) >= 11 is 0. The van der Waals surface area contributed by atoms with Crippen molar-refractivity contribution in [1.29, 1.82) is 0 Å². The van der Waals surface area contributed by atoms with Gasteiger partial charge in [0.05, 0.1) is 14.2 Å². The molecule has 1 aromatic carbocycles. The van der Waals surface area contributed by atoms with E-state index in [1.807, 2.05) is 18.2 Å². The number of carbonyl (C=O) groups excluding carboxylic acids is 2. The number of rotatable bonds is 4. The van der Waals surface area contributed by atoms with Crippen molar-refractivity contribution in [2.45, 2.75) is 12.8 Å². The molecule has 2 rings (SSSR count). The third-order valence-corrected chi connectivity index (χ3v) is 3.36. The zero-order chi connectivity index (χ0) is 14.5. The largest absolute Gasteiger partial charge is 0.496 e. The van der Waals surface area contributed by atoms with Crippen molar-refractivity contribution in [3.05, 3.63) is 47.1 Å². The number of aldehydes is 1. The first-order valence-electron chi connectivity index (χ1n) is 6.32. The van der Waals surface area contributed by atoms with Crippen LogP contribution < -0.4 is 4.74 Å². The maximum absolute atomic E-state index is 11.2. The second-order valence-electron chi connectivity index (χ2n) is 4.40. The van der Waals surface area contributed by atoms with E-state index in [0.717, 1.165) is 35.2 Å². The Labute approximate surface area is 117 Å². The van der Waals surface area contributed by atoms with Crippen molar-refractivity contribution in [2.24, 2.45) is 0 Å². The lowest BCUT2D eigenvalue weighted by atomic mass is 9.85.